The van der Waals surface area contributed by atoms with Crippen LogP contribution in [-0.2, 0) is 65.4 Å². The van der Waals surface area contributed by atoms with Crippen molar-refractivity contribution in [2.75, 3.05) is 39.6 Å². The monoisotopic (exact) mass is 1440 g/mol. The number of unbranched alkanes of at least 4 members (excludes halogenated alkanes) is 41. The van der Waals surface area contributed by atoms with Gasteiger partial charge < -0.3 is 33.8 Å². The van der Waals surface area contributed by atoms with Gasteiger partial charge in [-0.2, -0.15) is 0 Å². The van der Waals surface area contributed by atoms with E-state index >= 15 is 0 Å². The molecule has 19 heteroatoms. The summed E-state index contributed by atoms with van der Waals surface area (Å²) in [7, 11) is -9.92. The molecular formula is C79H154O17P2. The van der Waals surface area contributed by atoms with Gasteiger partial charge in [0.05, 0.1) is 26.4 Å². The van der Waals surface area contributed by atoms with Crippen LogP contribution in [0.5, 0.6) is 0 Å². The van der Waals surface area contributed by atoms with Gasteiger partial charge in [-0.1, -0.05) is 351 Å². The molecule has 0 aliphatic carbocycles. The van der Waals surface area contributed by atoms with E-state index in [0.717, 1.165) is 114 Å². The number of ether oxygens (including phenoxy) is 4. The number of phosphoric acid groups is 2. The van der Waals surface area contributed by atoms with Crippen molar-refractivity contribution in [1.82, 2.24) is 0 Å². The number of phosphoric ester groups is 2. The van der Waals surface area contributed by atoms with Crippen LogP contribution < -0.4 is 0 Å². The molecule has 0 spiro atoms. The van der Waals surface area contributed by atoms with Crippen LogP contribution in [0.4, 0.5) is 0 Å². The summed E-state index contributed by atoms with van der Waals surface area (Å²) in [5.74, 6) is 0.972. The van der Waals surface area contributed by atoms with Gasteiger partial charge in [-0.15, -0.1) is 0 Å². The predicted octanol–water partition coefficient (Wildman–Crippen LogP) is 23.2. The van der Waals surface area contributed by atoms with Crippen molar-refractivity contribution in [3.63, 3.8) is 0 Å². The minimum atomic E-state index is -4.96. The minimum Gasteiger partial charge on any atom is -0.462 e. The van der Waals surface area contributed by atoms with E-state index in [-0.39, 0.29) is 25.7 Å². The quantitative estimate of drug-likeness (QED) is 0.0222. The molecule has 0 amide bonds. The maximum absolute atomic E-state index is 13.1. The number of aliphatic hydroxyl groups excluding tert-OH is 1. The van der Waals surface area contributed by atoms with Gasteiger partial charge in [0, 0.05) is 25.7 Å². The van der Waals surface area contributed by atoms with Crippen molar-refractivity contribution in [3.05, 3.63) is 0 Å². The third kappa shape index (κ3) is 71.1. The van der Waals surface area contributed by atoms with E-state index in [1.165, 1.54) is 199 Å². The number of carbonyl (C=O) groups excluding carboxylic acids is 4. The van der Waals surface area contributed by atoms with Crippen molar-refractivity contribution >= 4 is 39.5 Å². The van der Waals surface area contributed by atoms with Crippen LogP contribution in [0.25, 0.3) is 0 Å². The summed E-state index contributed by atoms with van der Waals surface area (Å²) < 4.78 is 68.6. The second-order valence-corrected chi connectivity index (χ2v) is 33.0. The molecule has 6 atom stereocenters. The fraction of sp³-hybridized carbons (Fsp3) is 0.949. The summed E-state index contributed by atoms with van der Waals surface area (Å²) in [4.78, 5) is 72.9. The zero-order valence-electron chi connectivity index (χ0n) is 64.4. The highest BCUT2D eigenvalue weighted by molar-refractivity contribution is 7.47. The zero-order valence-corrected chi connectivity index (χ0v) is 66.2. The smallest absolute Gasteiger partial charge is 0.462 e. The topological polar surface area (TPSA) is 237 Å². The predicted molar refractivity (Wildman–Crippen MR) is 400 cm³/mol. The number of carbonyl (C=O) groups is 4. The molecule has 0 aromatic heterocycles. The summed E-state index contributed by atoms with van der Waals surface area (Å²) in [6.07, 6.45) is 54.2. The maximum Gasteiger partial charge on any atom is 0.472 e. The van der Waals surface area contributed by atoms with Gasteiger partial charge in [0.15, 0.2) is 12.2 Å². The van der Waals surface area contributed by atoms with Crippen LogP contribution in [0.15, 0.2) is 0 Å². The molecule has 98 heavy (non-hydrogen) atoms. The van der Waals surface area contributed by atoms with Crippen LogP contribution in [0.2, 0.25) is 0 Å². The Balaban J connectivity index is 5.24. The molecule has 0 rings (SSSR count). The molecular weight excluding hydrogens is 1280 g/mol. The van der Waals surface area contributed by atoms with Crippen LogP contribution >= 0.6 is 15.6 Å². The summed E-state index contributed by atoms with van der Waals surface area (Å²) >= 11 is 0. The summed E-state index contributed by atoms with van der Waals surface area (Å²) in [5.41, 5.74) is 0. The van der Waals surface area contributed by atoms with Gasteiger partial charge in [-0.05, 0) is 49.4 Å². The first kappa shape index (κ1) is 96.1. The van der Waals surface area contributed by atoms with E-state index in [1.54, 1.807) is 0 Å². The van der Waals surface area contributed by atoms with Crippen LogP contribution in [0.3, 0.4) is 0 Å². The van der Waals surface area contributed by atoms with Crippen molar-refractivity contribution in [2.24, 2.45) is 23.7 Å². The van der Waals surface area contributed by atoms with Crippen LogP contribution in [0.1, 0.15) is 402 Å². The Morgan fingerprint density at radius 3 is 0.724 bits per heavy atom. The van der Waals surface area contributed by atoms with Crippen molar-refractivity contribution in [2.45, 2.75) is 420 Å². The highest BCUT2D eigenvalue weighted by Crippen LogP contribution is 2.45. The van der Waals surface area contributed by atoms with E-state index in [9.17, 15) is 43.2 Å². The molecule has 0 saturated carbocycles. The number of hydrogen-bond donors (Lipinski definition) is 3. The molecule has 0 radical (unpaired) electrons. The van der Waals surface area contributed by atoms with E-state index in [2.05, 4.69) is 55.4 Å². The Hall–Kier alpha value is -1.94. The molecule has 0 aromatic rings. The lowest BCUT2D eigenvalue weighted by Crippen LogP contribution is -2.30. The third-order valence-electron chi connectivity index (χ3n) is 18.7. The van der Waals surface area contributed by atoms with Gasteiger partial charge in [0.25, 0.3) is 0 Å². The standard InChI is InChI=1S/C79H154O17P2/c1-9-72(8)58-50-42-33-27-21-15-11-13-17-23-29-35-45-53-61-78(83)95-74(65-89-76(81)59-51-43-34-28-22-16-12-10-14-19-25-31-39-47-55-69(2)3)67-93-97(85,86)91-63-73(80)64-92-98(87,88)94-68-75(66-90-77(82)60-52-44-38-37-41-49-57-71(6)7)96-79(84)62-54-46-36-30-24-18-20-26-32-40-48-56-70(4)5/h69-75,80H,9-68H2,1-8H3,(H,85,86)(H,87,88)/t72?,73-,74-,75-/m1/s1. The Kier molecular flexibility index (Phi) is 66.8. The Labute approximate surface area is 600 Å². The van der Waals surface area contributed by atoms with Gasteiger partial charge in [-0.25, -0.2) is 9.13 Å². The van der Waals surface area contributed by atoms with Gasteiger partial charge in [-0.3, -0.25) is 37.3 Å². The average molecular weight is 1440 g/mol. The second kappa shape index (κ2) is 68.2. The molecule has 0 aliphatic rings. The summed E-state index contributed by atoms with van der Waals surface area (Å²) in [5, 5.41) is 10.6. The molecule has 3 N–H and O–H groups in total. The fourth-order valence-electron chi connectivity index (χ4n) is 12.0. The average Bonchev–Trinajstić information content (AvgIpc) is 1.25. The SMILES string of the molecule is CCC(C)CCCCCCCCCCCCCCCCC(=O)O[C@H](COC(=O)CCCCCCCCCCCCCCCCC(C)C)COP(=O)(O)OC[C@@H](O)COP(=O)(O)OC[C@@H](COC(=O)CCCCCCCCC(C)C)OC(=O)CCCCCCCCCCCCCC(C)C. The molecule has 17 nitrogen and oxygen atoms in total. The largest absolute Gasteiger partial charge is 0.472 e. The Morgan fingerprint density at radius 2 is 0.490 bits per heavy atom. The fourth-order valence-corrected chi connectivity index (χ4v) is 13.6. The highest BCUT2D eigenvalue weighted by atomic mass is 31.2. The molecule has 0 fully saturated rings. The lowest BCUT2D eigenvalue weighted by Gasteiger charge is -2.21. The molecule has 3 unspecified atom stereocenters. The summed E-state index contributed by atoms with van der Waals surface area (Å²) in [6, 6.07) is 0. The van der Waals surface area contributed by atoms with Crippen LogP contribution in [0, 0.1) is 23.7 Å². The van der Waals surface area contributed by atoms with Crippen molar-refractivity contribution in [1.29, 1.82) is 0 Å². The first-order valence-electron chi connectivity index (χ1n) is 40.7. The van der Waals surface area contributed by atoms with Crippen molar-refractivity contribution < 1.29 is 80.2 Å². The van der Waals surface area contributed by atoms with E-state index in [1.807, 2.05) is 0 Å². The van der Waals surface area contributed by atoms with E-state index in [0.29, 0.717) is 31.6 Å². The first-order valence-corrected chi connectivity index (χ1v) is 43.7. The number of rotatable bonds is 76. The minimum absolute atomic E-state index is 0.105. The number of hydrogen-bond acceptors (Lipinski definition) is 15. The summed E-state index contributed by atoms with van der Waals surface area (Å²) in [6.45, 7) is 14.2. The maximum atomic E-state index is 13.1. The Bertz CT molecular complexity index is 1920. The number of aliphatic hydroxyl groups is 1. The zero-order chi connectivity index (χ0) is 72.4. The highest BCUT2D eigenvalue weighted by Gasteiger charge is 2.30. The molecule has 0 bridgehead atoms. The van der Waals surface area contributed by atoms with Gasteiger partial charge >= 0.3 is 39.5 Å². The number of esters is 4. The molecule has 0 heterocycles. The van der Waals surface area contributed by atoms with E-state index in [4.69, 9.17) is 37.0 Å². The van der Waals surface area contributed by atoms with E-state index < -0.39 is 97.5 Å². The first-order chi connectivity index (χ1) is 47.1. The Morgan fingerprint density at radius 1 is 0.286 bits per heavy atom. The third-order valence-corrected chi connectivity index (χ3v) is 20.6. The van der Waals surface area contributed by atoms with Crippen molar-refractivity contribution in [3.8, 4) is 0 Å². The van der Waals surface area contributed by atoms with Crippen LogP contribution in [-0.4, -0.2) is 96.7 Å². The lowest BCUT2D eigenvalue weighted by molar-refractivity contribution is -0.161. The second-order valence-electron chi connectivity index (χ2n) is 30.1. The van der Waals surface area contributed by atoms with Gasteiger partial charge in [0.1, 0.15) is 19.3 Å². The molecule has 0 saturated heterocycles. The van der Waals surface area contributed by atoms with Gasteiger partial charge in [0.2, 0.25) is 0 Å². The lowest BCUT2D eigenvalue weighted by atomic mass is 9.99. The molecule has 582 valence electrons. The normalized spacial score (nSPS) is 14.3. The molecule has 0 aromatic carbocycles. The molecule has 0 aliphatic heterocycles.